The van der Waals surface area contributed by atoms with Crippen LogP contribution in [0.25, 0.3) is 11.0 Å². The van der Waals surface area contributed by atoms with E-state index in [-0.39, 0.29) is 12.0 Å². The number of piperazine rings is 1. The number of carbonyl (C=O) groups excluding carboxylic acids is 1. The van der Waals surface area contributed by atoms with E-state index in [9.17, 15) is 4.79 Å². The van der Waals surface area contributed by atoms with Crippen molar-refractivity contribution in [3.8, 4) is 5.75 Å². The molecule has 0 bridgehead atoms. The third-order valence-corrected chi connectivity index (χ3v) is 9.15. The van der Waals surface area contributed by atoms with Gasteiger partial charge in [0.15, 0.2) is 11.8 Å². The van der Waals surface area contributed by atoms with Crippen LogP contribution in [0.4, 0.5) is 0 Å². The van der Waals surface area contributed by atoms with Crippen molar-refractivity contribution in [1.29, 1.82) is 0 Å². The third kappa shape index (κ3) is 7.04. The quantitative estimate of drug-likeness (QED) is 0.317. The number of aliphatic imine (C=N–C) groups is 1. The second-order valence-electron chi connectivity index (χ2n) is 12.3. The molecule has 2 fully saturated rings. The maximum absolute atomic E-state index is 13.8. The molecule has 2 aromatic heterocycles. The molecule has 43 heavy (non-hydrogen) atoms. The average molecular weight is 588 g/mol. The summed E-state index contributed by atoms with van der Waals surface area (Å²) in [4.78, 5) is 27.1. The molecule has 4 heterocycles. The number of nitrogens with one attached hydrogen (secondary N) is 1. The third-order valence-electron chi connectivity index (χ3n) is 9.15. The van der Waals surface area contributed by atoms with Gasteiger partial charge >= 0.3 is 0 Å². The number of hydrogen-bond donors (Lipinski definition) is 1. The first-order valence-electron chi connectivity index (χ1n) is 16.0. The number of benzene rings is 1. The van der Waals surface area contributed by atoms with Crippen molar-refractivity contribution in [2.45, 2.75) is 70.6 Å². The number of hydrogen-bond acceptors (Lipinski definition) is 8. The predicted octanol–water partition coefficient (Wildman–Crippen LogP) is 4.95. The smallest absolute Gasteiger partial charge is 0.254 e. The van der Waals surface area contributed by atoms with Gasteiger partial charge in [0.05, 0.1) is 12.0 Å². The Hall–Kier alpha value is -3.43. The van der Waals surface area contributed by atoms with E-state index >= 15 is 0 Å². The van der Waals surface area contributed by atoms with E-state index in [1.807, 2.05) is 42.3 Å². The van der Waals surface area contributed by atoms with Crippen LogP contribution in [0.1, 0.15) is 61.8 Å². The molecule has 1 saturated heterocycles. The summed E-state index contributed by atoms with van der Waals surface area (Å²) in [7, 11) is 2.10. The summed E-state index contributed by atoms with van der Waals surface area (Å²) in [5.74, 6) is 2.50. The zero-order valence-electron chi connectivity index (χ0n) is 25.6. The fourth-order valence-corrected chi connectivity index (χ4v) is 6.62. The molecular weight excluding hydrogens is 542 g/mol. The molecule has 1 aliphatic carbocycles. The van der Waals surface area contributed by atoms with Crippen molar-refractivity contribution in [3.63, 3.8) is 0 Å². The minimum absolute atomic E-state index is 0.0823. The molecule has 3 aromatic rings. The summed E-state index contributed by atoms with van der Waals surface area (Å²) < 4.78 is 19.2. The van der Waals surface area contributed by atoms with Crippen LogP contribution in [-0.4, -0.2) is 85.1 Å². The van der Waals surface area contributed by atoms with Crippen molar-refractivity contribution < 1.29 is 18.7 Å². The second-order valence-corrected chi connectivity index (χ2v) is 12.3. The second kappa shape index (κ2) is 13.9. The van der Waals surface area contributed by atoms with E-state index in [2.05, 4.69) is 28.3 Å². The van der Waals surface area contributed by atoms with Gasteiger partial charge in [0, 0.05) is 50.7 Å². The topological polar surface area (TPSA) is 92.4 Å². The number of amides is 1. The SMILES string of the molecule is Cc1c(C2=N[C@@H](C(=O)N3CCN(C)CC3)[C@H](CC3CCCCC3)O2)oc2cccc(OCCCNCc3cccnc3)c12. The lowest BCUT2D eigenvalue weighted by molar-refractivity contribution is -0.135. The van der Waals surface area contributed by atoms with Crippen LogP contribution in [-0.2, 0) is 16.1 Å². The summed E-state index contributed by atoms with van der Waals surface area (Å²) >= 11 is 0. The van der Waals surface area contributed by atoms with Crippen molar-refractivity contribution in [2.24, 2.45) is 10.9 Å². The fraction of sp³-hybridized carbons (Fsp3) is 0.559. The minimum Gasteiger partial charge on any atom is -0.493 e. The number of ether oxygens (including phenoxy) is 2. The van der Waals surface area contributed by atoms with Gasteiger partial charge in [-0.2, -0.15) is 0 Å². The van der Waals surface area contributed by atoms with E-state index in [1.165, 1.54) is 37.7 Å². The number of rotatable bonds is 11. The van der Waals surface area contributed by atoms with Crippen LogP contribution in [0.5, 0.6) is 5.75 Å². The molecule has 2 aliphatic heterocycles. The molecule has 1 N–H and O–H groups in total. The Labute approximate surface area is 254 Å². The highest BCUT2D eigenvalue weighted by Crippen LogP contribution is 2.37. The highest BCUT2D eigenvalue weighted by molar-refractivity contribution is 6.03. The molecule has 0 radical (unpaired) electrons. The molecular formula is C34H45N5O4. The van der Waals surface area contributed by atoms with Crippen molar-refractivity contribution in [3.05, 3.63) is 59.6 Å². The first-order chi connectivity index (χ1) is 21.1. The number of fused-ring (bicyclic) bond motifs is 1. The fourth-order valence-electron chi connectivity index (χ4n) is 6.62. The number of furan rings is 1. The lowest BCUT2D eigenvalue weighted by atomic mass is 9.84. The van der Waals surface area contributed by atoms with Crippen molar-refractivity contribution >= 4 is 22.8 Å². The minimum atomic E-state index is -0.525. The summed E-state index contributed by atoms with van der Waals surface area (Å²) in [5, 5.41) is 4.38. The van der Waals surface area contributed by atoms with Crippen LogP contribution in [0.15, 0.2) is 52.1 Å². The molecule has 6 rings (SSSR count). The molecule has 3 aliphatic rings. The summed E-state index contributed by atoms with van der Waals surface area (Å²) in [6, 6.07) is 9.39. The van der Waals surface area contributed by atoms with Crippen molar-refractivity contribution in [1.82, 2.24) is 20.1 Å². The summed E-state index contributed by atoms with van der Waals surface area (Å²) in [5.41, 5.74) is 2.84. The van der Waals surface area contributed by atoms with Crippen LogP contribution >= 0.6 is 0 Å². The van der Waals surface area contributed by atoms with E-state index in [0.717, 1.165) is 74.4 Å². The highest BCUT2D eigenvalue weighted by Gasteiger charge is 2.42. The molecule has 9 nitrogen and oxygen atoms in total. The Kier molecular flexibility index (Phi) is 9.58. The Morgan fingerprint density at radius 3 is 2.72 bits per heavy atom. The van der Waals surface area contributed by atoms with Gasteiger partial charge < -0.3 is 29.0 Å². The Balaban J connectivity index is 1.15. The normalized spacial score (nSPS) is 21.6. The van der Waals surface area contributed by atoms with Gasteiger partial charge in [-0.1, -0.05) is 44.2 Å². The van der Waals surface area contributed by atoms with E-state index < -0.39 is 6.04 Å². The standard InChI is InChI=1S/C34H45N5O4/c1-24-30-27(41-20-8-15-36-23-26-11-7-14-35-22-26)12-6-13-28(30)42-32(24)33-37-31(34(40)39-18-16-38(2)17-19-39)29(43-33)21-25-9-4-3-5-10-25/h6-7,11-14,22,25,29,31,36H,3-5,8-10,15-21,23H2,1-2H3/t29-,31+/m0/s1. The Morgan fingerprint density at radius 2 is 1.93 bits per heavy atom. The lowest BCUT2D eigenvalue weighted by Crippen LogP contribution is -2.51. The van der Waals surface area contributed by atoms with Gasteiger partial charge in [0.25, 0.3) is 11.8 Å². The number of nitrogens with zero attached hydrogens (tertiary/aromatic N) is 4. The molecule has 2 atom stereocenters. The number of likely N-dealkylation sites (N-methyl/N-ethyl adjacent to an activating group) is 1. The molecule has 1 saturated carbocycles. The molecule has 0 unspecified atom stereocenters. The van der Waals surface area contributed by atoms with E-state index in [0.29, 0.717) is 24.2 Å². The molecule has 1 aromatic carbocycles. The van der Waals surface area contributed by atoms with E-state index in [1.54, 1.807) is 6.20 Å². The zero-order chi connectivity index (χ0) is 29.6. The summed E-state index contributed by atoms with van der Waals surface area (Å²) in [6.45, 7) is 7.48. The molecule has 1 amide bonds. The van der Waals surface area contributed by atoms with Gasteiger partial charge in [0.2, 0.25) is 0 Å². The Bertz CT molecular complexity index is 1390. The lowest BCUT2D eigenvalue weighted by Gasteiger charge is -2.34. The van der Waals surface area contributed by atoms with Gasteiger partial charge in [-0.3, -0.25) is 9.78 Å². The van der Waals surface area contributed by atoms with Crippen LogP contribution in [0, 0.1) is 12.8 Å². The largest absolute Gasteiger partial charge is 0.493 e. The number of aromatic nitrogens is 1. The van der Waals surface area contributed by atoms with Crippen molar-refractivity contribution in [2.75, 3.05) is 46.4 Å². The first kappa shape index (κ1) is 29.6. The average Bonchev–Trinajstić information content (AvgIpc) is 3.61. The number of carbonyl (C=O) groups is 1. The van der Waals surface area contributed by atoms with Gasteiger partial charge in [-0.05, 0) is 63.0 Å². The van der Waals surface area contributed by atoms with Gasteiger partial charge in [0.1, 0.15) is 17.4 Å². The van der Waals surface area contributed by atoms with E-state index in [4.69, 9.17) is 18.9 Å². The number of pyridine rings is 1. The Morgan fingerprint density at radius 1 is 1.09 bits per heavy atom. The van der Waals surface area contributed by atoms with Gasteiger partial charge in [-0.15, -0.1) is 0 Å². The zero-order valence-corrected chi connectivity index (χ0v) is 25.6. The highest BCUT2D eigenvalue weighted by atomic mass is 16.5. The molecule has 230 valence electrons. The molecule has 9 heteroatoms. The predicted molar refractivity (Wildman–Crippen MR) is 167 cm³/mol. The maximum atomic E-state index is 13.8. The van der Waals surface area contributed by atoms with Crippen LogP contribution < -0.4 is 10.1 Å². The molecule has 0 spiro atoms. The van der Waals surface area contributed by atoms with Gasteiger partial charge in [-0.25, -0.2) is 4.99 Å². The van der Waals surface area contributed by atoms with Crippen LogP contribution in [0.2, 0.25) is 0 Å². The van der Waals surface area contributed by atoms with Crippen LogP contribution in [0.3, 0.4) is 0 Å². The monoisotopic (exact) mass is 587 g/mol. The summed E-state index contributed by atoms with van der Waals surface area (Å²) in [6.07, 6.45) is 11.4. The first-order valence-corrected chi connectivity index (χ1v) is 16.0. The number of aryl methyl sites for hydroxylation is 1. The maximum Gasteiger partial charge on any atom is 0.254 e.